The van der Waals surface area contributed by atoms with E-state index in [2.05, 4.69) is 52.2 Å². The first-order chi connectivity index (χ1) is 35.1. The number of fused-ring (bicyclic) bond motifs is 10. The molecule has 0 radical (unpaired) electrons. The zero-order valence-corrected chi connectivity index (χ0v) is 47.7. The van der Waals surface area contributed by atoms with Crippen LogP contribution in [0.15, 0.2) is 0 Å². The number of nitrogens with one attached hydrogen (secondary N) is 2. The second kappa shape index (κ2) is 23.0. The molecule has 8 aliphatic carbocycles. The van der Waals surface area contributed by atoms with Gasteiger partial charge in [0, 0.05) is 38.8 Å². The Bertz CT molecular complexity index is 2140. The summed E-state index contributed by atoms with van der Waals surface area (Å²) >= 11 is 0. The Hall–Kier alpha value is -2.38. The molecule has 75 heavy (non-hydrogen) atoms. The van der Waals surface area contributed by atoms with Crippen molar-refractivity contribution in [1.82, 2.24) is 10.6 Å². The Balaban J connectivity index is 0.748. The molecule has 2 unspecified atom stereocenters. The summed E-state index contributed by atoms with van der Waals surface area (Å²) in [6, 6.07) is 0. The molecule has 2 amide bonds. The molecule has 8 rings (SSSR count). The van der Waals surface area contributed by atoms with Gasteiger partial charge in [-0.05, 0) is 215 Å². The predicted molar refractivity (Wildman–Crippen MR) is 282 cm³/mol. The van der Waals surface area contributed by atoms with Crippen molar-refractivity contribution in [2.24, 2.45) is 92.7 Å². The number of aliphatic hydroxyl groups excluding tert-OH is 2. The second-order valence-electron chi connectivity index (χ2n) is 27.0. The van der Waals surface area contributed by atoms with Crippen LogP contribution >= 0.6 is 0 Å². The fraction of sp³-hybridized carbons (Fsp3) is 0.930. The summed E-state index contributed by atoms with van der Waals surface area (Å²) in [7, 11) is -8.26. The minimum Gasteiger partial charge on any atom is -0.462 e. The zero-order valence-electron chi connectivity index (χ0n) is 46.0. The van der Waals surface area contributed by atoms with Crippen LogP contribution in [-0.2, 0) is 48.9 Å². The lowest BCUT2D eigenvalue weighted by Crippen LogP contribution is -2.58. The van der Waals surface area contributed by atoms with Crippen molar-refractivity contribution in [1.29, 1.82) is 0 Å². The van der Waals surface area contributed by atoms with E-state index < -0.39 is 43.9 Å². The van der Waals surface area contributed by atoms with Crippen LogP contribution in [0.4, 0.5) is 0 Å². The molecule has 18 heteroatoms. The van der Waals surface area contributed by atoms with E-state index in [1.165, 1.54) is 0 Å². The predicted octanol–water partition coefficient (Wildman–Crippen LogP) is 8.08. The molecule has 428 valence electrons. The summed E-state index contributed by atoms with van der Waals surface area (Å²) < 4.78 is 74.4. The number of amides is 2. The maximum Gasteiger partial charge on any atom is 0.306 e. The quantitative estimate of drug-likeness (QED) is 0.0498. The van der Waals surface area contributed by atoms with Gasteiger partial charge >= 0.3 is 11.9 Å². The number of aliphatic hydroxyl groups is 2. The molecule has 0 bridgehead atoms. The van der Waals surface area contributed by atoms with Crippen LogP contribution in [0, 0.1) is 92.7 Å². The molecule has 0 spiro atoms. The summed E-state index contributed by atoms with van der Waals surface area (Å²) in [6.07, 6.45) is 16.3. The fourth-order valence-electron chi connectivity index (χ4n) is 19.3. The molecular formula is C57H94N2O14S2. The average Bonchev–Trinajstić information content (AvgIpc) is 3.87. The van der Waals surface area contributed by atoms with E-state index in [0.717, 1.165) is 89.9 Å². The highest BCUT2D eigenvalue weighted by Crippen LogP contribution is 2.70. The SMILES string of the molecule is C[C@H](CCC(=O)NCCS(=O)(=O)O)[C@H]1CC[C@H]2[C@@H]3[C@@H](O)CC4C[C@H](OC(=O)CCCC(=O)O[C@@H]5CC[C@@]6(C)C(C5)C[C@H](O)[C@H]5[C@@H]7CC[C@H]([C@@H](C)CCC(=O)NCCS(=O)(=O)O)[C@@]7(C)CC[C@@H]56)CC[C@]4(C)[C@H]3CC[C@]12C. The normalized spacial score (nSPS) is 42.0. The van der Waals surface area contributed by atoms with Gasteiger partial charge in [-0.15, -0.1) is 0 Å². The number of hydrogen-bond acceptors (Lipinski definition) is 12. The average molecular weight is 1100 g/mol. The first-order valence-electron chi connectivity index (χ1n) is 29.3. The number of hydrogen-bond donors (Lipinski definition) is 6. The molecule has 8 saturated carbocycles. The molecule has 0 saturated heterocycles. The molecule has 0 heterocycles. The Kier molecular flexibility index (Phi) is 18.0. The van der Waals surface area contributed by atoms with Crippen LogP contribution in [0.1, 0.15) is 189 Å². The number of ether oxygens (including phenoxy) is 2. The first kappa shape index (κ1) is 58.8. The lowest BCUT2D eigenvalue weighted by atomic mass is 9.43. The fourth-order valence-corrected chi connectivity index (χ4v) is 20.1. The van der Waals surface area contributed by atoms with Crippen LogP contribution in [0.5, 0.6) is 0 Å². The first-order valence-corrected chi connectivity index (χ1v) is 32.6. The van der Waals surface area contributed by atoms with Gasteiger partial charge in [-0.1, -0.05) is 41.5 Å². The molecular weight excluding hydrogens is 1000 g/mol. The van der Waals surface area contributed by atoms with Gasteiger partial charge < -0.3 is 30.3 Å². The third-order valence-corrected chi connectivity index (χ3v) is 24.6. The number of carbonyl (C=O) groups is 4. The third-order valence-electron chi connectivity index (χ3n) is 23.2. The van der Waals surface area contributed by atoms with Gasteiger partial charge in [-0.3, -0.25) is 28.3 Å². The Labute approximate surface area is 448 Å². The van der Waals surface area contributed by atoms with Crippen molar-refractivity contribution in [3.8, 4) is 0 Å². The van der Waals surface area contributed by atoms with Crippen LogP contribution < -0.4 is 10.6 Å². The van der Waals surface area contributed by atoms with Crippen molar-refractivity contribution in [3.63, 3.8) is 0 Å². The summed E-state index contributed by atoms with van der Waals surface area (Å²) in [5, 5.41) is 29.1. The molecule has 0 aliphatic heterocycles. The van der Waals surface area contributed by atoms with Crippen molar-refractivity contribution in [2.75, 3.05) is 24.6 Å². The maximum atomic E-state index is 13.3. The number of esters is 2. The highest BCUT2D eigenvalue weighted by Gasteiger charge is 2.65. The summed E-state index contributed by atoms with van der Waals surface area (Å²) in [5.41, 5.74) is 0.247. The summed E-state index contributed by atoms with van der Waals surface area (Å²) in [5.74, 6) is 2.02. The lowest BCUT2D eigenvalue weighted by molar-refractivity contribution is -0.183. The highest BCUT2D eigenvalue weighted by atomic mass is 32.2. The minimum absolute atomic E-state index is 0.0529. The standard InChI is InChI=1S/C57H94N2O14S2/c1-34(10-16-48(62)58-26-28-74(66,67)68)40-12-14-42-52-44(20-24-56(40,42)5)54(3)22-18-38(30-36(54)32-46(52)60)72-50(64)8-7-9-51(65)73-39-19-23-55(4)37(31-39)33-47(61)53-43-15-13-41(57(43,6)25-21-45(53)55)35(2)11-17-49(63)59-27-29-75(69,70)71/h34-47,52-53,60-61H,7-33H2,1-6H3,(H,58,62)(H,59,63)(H,66,67,68)(H,69,70,71)/t34-,35+,36?,37?,38-,39-,40-,41-,42+,43+,44+,45+,46+,47+,52+,53+,54+,55+,56-,57-/m1/s1. The van der Waals surface area contributed by atoms with Gasteiger partial charge in [-0.2, -0.15) is 16.8 Å². The summed E-state index contributed by atoms with van der Waals surface area (Å²) in [4.78, 5) is 51.6. The van der Waals surface area contributed by atoms with Crippen molar-refractivity contribution in [3.05, 3.63) is 0 Å². The smallest absolute Gasteiger partial charge is 0.306 e. The van der Waals surface area contributed by atoms with E-state index in [9.17, 15) is 46.2 Å². The Morgan fingerprint density at radius 2 is 0.880 bits per heavy atom. The molecule has 0 aromatic carbocycles. The van der Waals surface area contributed by atoms with E-state index in [0.29, 0.717) is 92.3 Å². The number of carbonyl (C=O) groups excluding carboxylic acids is 4. The van der Waals surface area contributed by atoms with Crippen LogP contribution in [0.2, 0.25) is 0 Å². The lowest BCUT2D eigenvalue weighted by Gasteiger charge is -2.62. The van der Waals surface area contributed by atoms with E-state index >= 15 is 0 Å². The molecule has 8 aliphatic rings. The topological polar surface area (TPSA) is 260 Å². The van der Waals surface area contributed by atoms with Crippen LogP contribution in [0.25, 0.3) is 0 Å². The van der Waals surface area contributed by atoms with E-state index in [1.807, 2.05) is 0 Å². The monoisotopic (exact) mass is 1090 g/mol. The van der Waals surface area contributed by atoms with Crippen LogP contribution in [0.3, 0.4) is 0 Å². The maximum absolute atomic E-state index is 13.3. The van der Waals surface area contributed by atoms with Gasteiger partial charge in [0.15, 0.2) is 0 Å². The van der Waals surface area contributed by atoms with Gasteiger partial charge in [0.1, 0.15) is 12.2 Å². The van der Waals surface area contributed by atoms with Gasteiger partial charge in [0.05, 0.1) is 23.7 Å². The van der Waals surface area contributed by atoms with E-state index in [1.54, 1.807) is 0 Å². The van der Waals surface area contributed by atoms with Gasteiger partial charge in [-0.25, -0.2) is 0 Å². The second-order valence-corrected chi connectivity index (χ2v) is 30.1. The minimum atomic E-state index is -4.13. The van der Waals surface area contributed by atoms with Crippen molar-refractivity contribution in [2.45, 2.75) is 214 Å². The number of rotatable bonds is 20. The van der Waals surface area contributed by atoms with Crippen LogP contribution in [-0.4, -0.2) is 109 Å². The van der Waals surface area contributed by atoms with Gasteiger partial charge in [0.2, 0.25) is 11.8 Å². The largest absolute Gasteiger partial charge is 0.462 e. The molecule has 20 atom stereocenters. The molecule has 8 fully saturated rings. The highest BCUT2D eigenvalue weighted by molar-refractivity contribution is 7.86. The molecule has 0 aromatic heterocycles. The Morgan fingerprint density at radius 1 is 0.520 bits per heavy atom. The van der Waals surface area contributed by atoms with E-state index in [-0.39, 0.29) is 107 Å². The van der Waals surface area contributed by atoms with Crippen molar-refractivity contribution >= 4 is 44.0 Å². The Morgan fingerprint density at radius 3 is 1.25 bits per heavy atom. The molecule has 6 N–H and O–H groups in total. The zero-order chi connectivity index (χ0) is 54.5. The van der Waals surface area contributed by atoms with E-state index in [4.69, 9.17) is 18.6 Å². The summed E-state index contributed by atoms with van der Waals surface area (Å²) in [6.45, 7) is 13.9. The van der Waals surface area contributed by atoms with Gasteiger partial charge in [0.25, 0.3) is 20.2 Å². The van der Waals surface area contributed by atoms with Crippen molar-refractivity contribution < 1.29 is 64.8 Å². The molecule has 0 aromatic rings. The third kappa shape index (κ3) is 12.7. The molecule has 16 nitrogen and oxygen atoms in total.